The molecule has 54 heavy (non-hydrogen) atoms. The summed E-state index contributed by atoms with van der Waals surface area (Å²) < 4.78 is 53.1. The summed E-state index contributed by atoms with van der Waals surface area (Å²) in [5.74, 6) is -0.489. The number of epoxide rings is 1. The van der Waals surface area contributed by atoms with Gasteiger partial charge >= 0.3 is 0 Å². The Kier molecular flexibility index (Phi) is 18.5. The molecular formula is C44H56F2N2O6. The van der Waals surface area contributed by atoms with Gasteiger partial charge in [-0.3, -0.25) is 4.90 Å². The first kappa shape index (κ1) is 41.6. The number of nitrogens with one attached hydrogen (secondary N) is 1. The van der Waals surface area contributed by atoms with Crippen LogP contribution in [0.2, 0.25) is 0 Å². The lowest BCUT2D eigenvalue weighted by molar-refractivity contribution is -0.164. The van der Waals surface area contributed by atoms with Crippen LogP contribution in [0.1, 0.15) is 73.0 Å². The van der Waals surface area contributed by atoms with Crippen LogP contribution in [-0.2, 0) is 36.8 Å². The summed E-state index contributed by atoms with van der Waals surface area (Å²) >= 11 is 0. The minimum absolute atomic E-state index is 0.0299. The smallest absolute Gasteiger partial charge is 0.157 e. The maximum Gasteiger partial charge on any atom is 0.157 e. The summed E-state index contributed by atoms with van der Waals surface area (Å²) in [5, 5.41) is 13.9. The fourth-order valence-corrected chi connectivity index (χ4v) is 6.12. The van der Waals surface area contributed by atoms with Gasteiger partial charge in [-0.15, -0.1) is 0 Å². The lowest BCUT2D eigenvalue weighted by Crippen LogP contribution is -2.33. The van der Waals surface area contributed by atoms with Crippen molar-refractivity contribution in [1.82, 2.24) is 10.2 Å². The molecule has 7 rings (SSSR count). The number of nitrogens with zero attached hydrogens (tertiary/aromatic N) is 1. The summed E-state index contributed by atoms with van der Waals surface area (Å²) in [4.78, 5) is 2.16. The van der Waals surface area contributed by atoms with E-state index in [0.29, 0.717) is 31.8 Å². The normalized spacial score (nSPS) is 19.9. The molecule has 4 aromatic carbocycles. The zero-order valence-electron chi connectivity index (χ0n) is 31.2. The van der Waals surface area contributed by atoms with Crippen molar-refractivity contribution < 1.29 is 37.6 Å². The highest BCUT2D eigenvalue weighted by atomic mass is 19.1. The average molecular weight is 747 g/mol. The van der Waals surface area contributed by atoms with Gasteiger partial charge in [0.05, 0.1) is 25.9 Å². The monoisotopic (exact) mass is 746 g/mol. The quantitative estimate of drug-likeness (QED) is 0.0879. The van der Waals surface area contributed by atoms with Crippen LogP contribution in [0.4, 0.5) is 8.78 Å². The molecule has 0 aliphatic carbocycles. The molecule has 4 atom stereocenters. The van der Waals surface area contributed by atoms with Crippen molar-refractivity contribution in [2.24, 2.45) is 0 Å². The van der Waals surface area contributed by atoms with Crippen LogP contribution in [0.25, 0.3) is 0 Å². The highest BCUT2D eigenvalue weighted by Gasteiger charge is 2.24. The SMILES string of the molecule is Fc1ccc([C@@H]2CO2)cc1.O[C@@H](CN(CCOC1CCCCO1)Cc1ccccc1)c1ccc(F)cc1.c1ccc(CNCCOC2CCCCO2)cc1. The summed E-state index contributed by atoms with van der Waals surface area (Å²) in [6.45, 7) is 7.29. The third-order valence-corrected chi connectivity index (χ3v) is 9.25. The Morgan fingerprint density at radius 3 is 1.80 bits per heavy atom. The average Bonchev–Trinajstić information content (AvgIpc) is 4.07. The Morgan fingerprint density at radius 1 is 0.685 bits per heavy atom. The molecule has 3 aliphatic rings. The van der Waals surface area contributed by atoms with E-state index in [2.05, 4.69) is 46.6 Å². The highest BCUT2D eigenvalue weighted by Crippen LogP contribution is 2.29. The first-order chi connectivity index (χ1) is 26.5. The second kappa shape index (κ2) is 24.0. The van der Waals surface area contributed by atoms with Gasteiger partial charge in [0.2, 0.25) is 0 Å². The van der Waals surface area contributed by atoms with Crippen LogP contribution in [0.5, 0.6) is 0 Å². The largest absolute Gasteiger partial charge is 0.387 e. The van der Waals surface area contributed by atoms with Crippen molar-refractivity contribution in [1.29, 1.82) is 0 Å². The van der Waals surface area contributed by atoms with E-state index in [1.807, 2.05) is 24.3 Å². The summed E-state index contributed by atoms with van der Waals surface area (Å²) in [5.41, 5.74) is 4.27. The van der Waals surface area contributed by atoms with Gasteiger partial charge in [-0.1, -0.05) is 84.9 Å². The van der Waals surface area contributed by atoms with Crippen molar-refractivity contribution >= 4 is 0 Å². The fraction of sp³-hybridized carbons (Fsp3) is 0.455. The molecule has 2 N–H and O–H groups in total. The van der Waals surface area contributed by atoms with E-state index in [1.54, 1.807) is 24.3 Å². The summed E-state index contributed by atoms with van der Waals surface area (Å²) in [7, 11) is 0. The van der Waals surface area contributed by atoms with E-state index in [4.69, 9.17) is 23.7 Å². The molecule has 0 aromatic heterocycles. The standard InChI is InChI=1S/C22H28FNO3.C14H21NO2.C8H7FO/c23-20-11-9-19(10-12-20)21(25)17-24(16-18-6-2-1-3-7-18)13-15-27-22-8-4-5-14-26-22;1-2-6-13(7-3-1)12-15-9-11-17-14-8-4-5-10-16-14;9-7-3-1-6(2-4-7)8-5-10-8/h1-3,6-7,9-12,21-22,25H,4-5,8,13-17H2;1-3,6-7,14-15H,4-5,8-12H2;1-4,8H,5H2/t21-,22?;;8-/m0.0/s1. The topological polar surface area (TPSA) is 85.0 Å². The van der Waals surface area contributed by atoms with E-state index in [1.165, 1.54) is 48.2 Å². The van der Waals surface area contributed by atoms with Gasteiger partial charge in [0, 0.05) is 45.9 Å². The van der Waals surface area contributed by atoms with Gasteiger partial charge in [0.1, 0.15) is 17.7 Å². The molecule has 3 saturated heterocycles. The van der Waals surface area contributed by atoms with E-state index in [-0.39, 0.29) is 30.3 Å². The zero-order chi connectivity index (χ0) is 37.6. The van der Waals surface area contributed by atoms with Crippen LogP contribution < -0.4 is 5.32 Å². The number of ether oxygens (including phenoxy) is 5. The maximum atomic E-state index is 13.1. The van der Waals surface area contributed by atoms with Gasteiger partial charge in [-0.05, 0) is 85.0 Å². The number of aliphatic hydroxyl groups excluding tert-OH is 1. The van der Waals surface area contributed by atoms with E-state index in [0.717, 1.165) is 70.8 Å². The highest BCUT2D eigenvalue weighted by molar-refractivity contribution is 5.21. The molecule has 10 heteroatoms. The number of hydrogen-bond acceptors (Lipinski definition) is 8. The maximum absolute atomic E-state index is 13.1. The van der Waals surface area contributed by atoms with Gasteiger partial charge in [-0.25, -0.2) is 8.78 Å². The van der Waals surface area contributed by atoms with Crippen molar-refractivity contribution in [3.8, 4) is 0 Å². The predicted octanol–water partition coefficient (Wildman–Crippen LogP) is 8.12. The van der Waals surface area contributed by atoms with Crippen LogP contribution in [0.3, 0.4) is 0 Å². The lowest BCUT2D eigenvalue weighted by Gasteiger charge is -2.27. The van der Waals surface area contributed by atoms with Gasteiger partial charge in [-0.2, -0.15) is 0 Å². The minimum atomic E-state index is -0.680. The summed E-state index contributed by atoms with van der Waals surface area (Å²) in [6, 6.07) is 33.0. The summed E-state index contributed by atoms with van der Waals surface area (Å²) in [6.07, 6.45) is 6.09. The van der Waals surface area contributed by atoms with Crippen molar-refractivity contribution in [2.45, 2.75) is 76.4 Å². The third-order valence-electron chi connectivity index (χ3n) is 9.25. The van der Waals surface area contributed by atoms with Crippen molar-refractivity contribution in [2.75, 3.05) is 52.7 Å². The lowest BCUT2D eigenvalue weighted by atomic mass is 10.1. The molecule has 0 saturated carbocycles. The Hall–Kier alpha value is -3.58. The van der Waals surface area contributed by atoms with Crippen LogP contribution in [0, 0.1) is 11.6 Å². The Labute approximate surface area is 319 Å². The minimum Gasteiger partial charge on any atom is -0.387 e. The first-order valence-corrected chi connectivity index (χ1v) is 19.3. The zero-order valence-corrected chi connectivity index (χ0v) is 31.2. The number of hydrogen-bond donors (Lipinski definition) is 2. The van der Waals surface area contributed by atoms with Crippen LogP contribution in [-0.4, -0.2) is 75.3 Å². The number of aliphatic hydroxyl groups is 1. The van der Waals surface area contributed by atoms with Gasteiger partial charge in [0.25, 0.3) is 0 Å². The van der Waals surface area contributed by atoms with E-state index < -0.39 is 6.10 Å². The van der Waals surface area contributed by atoms with Crippen LogP contribution in [0.15, 0.2) is 109 Å². The number of rotatable bonds is 16. The molecule has 292 valence electrons. The van der Waals surface area contributed by atoms with Crippen molar-refractivity contribution in [3.05, 3.63) is 143 Å². The van der Waals surface area contributed by atoms with E-state index >= 15 is 0 Å². The first-order valence-electron chi connectivity index (χ1n) is 19.3. The molecule has 3 aliphatic heterocycles. The van der Waals surface area contributed by atoms with Crippen molar-refractivity contribution in [3.63, 3.8) is 0 Å². The number of halogens is 2. The molecule has 0 amide bonds. The second-order valence-corrected chi connectivity index (χ2v) is 13.7. The second-order valence-electron chi connectivity index (χ2n) is 13.7. The molecule has 3 fully saturated rings. The molecule has 3 heterocycles. The van der Waals surface area contributed by atoms with Gasteiger partial charge in [0.15, 0.2) is 12.6 Å². The fourth-order valence-electron chi connectivity index (χ4n) is 6.12. The van der Waals surface area contributed by atoms with Crippen LogP contribution >= 0.6 is 0 Å². The molecule has 8 nitrogen and oxygen atoms in total. The third kappa shape index (κ3) is 16.4. The Bertz CT molecular complexity index is 1540. The Morgan fingerprint density at radius 2 is 1.24 bits per heavy atom. The van der Waals surface area contributed by atoms with Gasteiger partial charge < -0.3 is 34.1 Å². The molecule has 2 unspecified atom stereocenters. The molecule has 4 aromatic rings. The molecule has 0 spiro atoms. The molecular weight excluding hydrogens is 690 g/mol. The van der Waals surface area contributed by atoms with E-state index in [9.17, 15) is 13.9 Å². The molecule has 0 bridgehead atoms. The molecule has 0 radical (unpaired) electrons. The predicted molar refractivity (Wildman–Crippen MR) is 205 cm³/mol. The Balaban J connectivity index is 0.000000175. The number of benzene rings is 4.